The van der Waals surface area contributed by atoms with Crippen LogP contribution < -0.4 is 16.0 Å². The smallest absolute Gasteiger partial charge is 0.263 e. The van der Waals surface area contributed by atoms with E-state index in [1.165, 1.54) is 34.7 Å². The quantitative estimate of drug-likeness (QED) is 0.357. The second kappa shape index (κ2) is 9.20. The van der Waals surface area contributed by atoms with Crippen LogP contribution in [0, 0.1) is 12.7 Å². The van der Waals surface area contributed by atoms with Crippen molar-refractivity contribution in [3.63, 3.8) is 0 Å². The van der Waals surface area contributed by atoms with Crippen LogP contribution in [0.25, 0.3) is 22.5 Å². The number of benzene rings is 1. The Bertz CT molecular complexity index is 1600. The van der Waals surface area contributed by atoms with Crippen molar-refractivity contribution in [2.24, 2.45) is 0 Å². The van der Waals surface area contributed by atoms with Crippen LogP contribution in [0.4, 0.5) is 15.9 Å². The number of fused-ring (bicyclic) bond motifs is 1. The van der Waals surface area contributed by atoms with E-state index in [1.54, 1.807) is 22.8 Å². The van der Waals surface area contributed by atoms with Gasteiger partial charge in [0, 0.05) is 24.7 Å². The lowest BCUT2D eigenvalue weighted by Crippen LogP contribution is -2.47. The molecule has 1 atom stereocenters. The predicted molar refractivity (Wildman–Crippen MR) is 135 cm³/mol. The number of aromatic nitrogens is 8. The molecule has 12 nitrogen and oxygen atoms in total. The summed E-state index contributed by atoms with van der Waals surface area (Å²) in [6.07, 6.45) is 6.04. The van der Waals surface area contributed by atoms with Crippen molar-refractivity contribution >= 4 is 34.3 Å². The Kier molecular flexibility index (Phi) is 5.71. The number of nitrogens with one attached hydrogen (secondary N) is 1. The number of hydrogen-bond donors (Lipinski definition) is 2. The maximum absolute atomic E-state index is 15.0. The minimum Gasteiger partial charge on any atom is -0.382 e. The Morgan fingerprint density at radius 2 is 2.14 bits per heavy atom. The number of hydrogen-bond acceptors (Lipinski definition) is 10. The van der Waals surface area contributed by atoms with Gasteiger partial charge in [0.2, 0.25) is 0 Å². The maximum Gasteiger partial charge on any atom is 0.263 e. The highest BCUT2D eigenvalue weighted by molar-refractivity contribution is 7.13. The topological polar surface area (TPSA) is 145 Å². The number of nitrogen functional groups attached to an aromatic ring is 1. The number of rotatable bonds is 5. The molecule has 14 heteroatoms. The maximum atomic E-state index is 15.0. The summed E-state index contributed by atoms with van der Waals surface area (Å²) in [4.78, 5) is 23.8. The molecular weight excluding hydrogens is 497 g/mol. The first-order valence-electron chi connectivity index (χ1n) is 11.6. The summed E-state index contributed by atoms with van der Waals surface area (Å²) in [6.45, 7) is 3.23. The van der Waals surface area contributed by atoms with Gasteiger partial charge in [0.15, 0.2) is 5.82 Å². The molecule has 1 amide bonds. The largest absolute Gasteiger partial charge is 0.382 e. The summed E-state index contributed by atoms with van der Waals surface area (Å²) in [6, 6.07) is 6.68. The molecule has 6 rings (SSSR count). The van der Waals surface area contributed by atoms with Gasteiger partial charge >= 0.3 is 0 Å². The molecule has 37 heavy (non-hydrogen) atoms. The number of halogens is 1. The number of nitrogens with two attached hydrogens (primary N) is 1. The lowest BCUT2D eigenvalue weighted by Gasteiger charge is -2.34. The van der Waals surface area contributed by atoms with Gasteiger partial charge in [-0.05, 0) is 48.4 Å². The van der Waals surface area contributed by atoms with Gasteiger partial charge in [-0.1, -0.05) is 6.07 Å². The zero-order valence-corrected chi connectivity index (χ0v) is 20.6. The fourth-order valence-corrected chi connectivity index (χ4v) is 5.34. The molecule has 5 aromatic rings. The van der Waals surface area contributed by atoms with E-state index in [4.69, 9.17) is 5.73 Å². The van der Waals surface area contributed by atoms with E-state index in [2.05, 4.69) is 40.8 Å². The zero-order chi connectivity index (χ0) is 25.5. The van der Waals surface area contributed by atoms with Gasteiger partial charge in [0.25, 0.3) is 5.91 Å². The molecule has 4 aromatic heterocycles. The third-order valence-corrected chi connectivity index (χ3v) is 7.26. The summed E-state index contributed by atoms with van der Waals surface area (Å²) in [7, 11) is 0. The molecule has 5 heterocycles. The van der Waals surface area contributed by atoms with Crippen LogP contribution in [0.15, 0.2) is 43.1 Å². The van der Waals surface area contributed by atoms with Crippen molar-refractivity contribution in [3.05, 3.63) is 58.8 Å². The lowest BCUT2D eigenvalue weighted by molar-refractivity contribution is 0.0937. The Hall–Kier alpha value is -4.46. The van der Waals surface area contributed by atoms with Gasteiger partial charge in [-0.15, -0.1) is 16.4 Å². The van der Waals surface area contributed by atoms with E-state index in [0.29, 0.717) is 34.0 Å². The van der Waals surface area contributed by atoms with Crippen LogP contribution in [-0.2, 0) is 0 Å². The van der Waals surface area contributed by atoms with Gasteiger partial charge < -0.3 is 16.0 Å². The average molecular weight is 520 g/mol. The van der Waals surface area contributed by atoms with E-state index in [1.807, 2.05) is 13.0 Å². The molecule has 3 N–H and O–H groups in total. The number of aryl methyl sites for hydroxylation is 1. The summed E-state index contributed by atoms with van der Waals surface area (Å²) < 4.78 is 17.9. The number of piperidine rings is 1. The number of anilines is 2. The minimum atomic E-state index is -0.484. The van der Waals surface area contributed by atoms with Crippen molar-refractivity contribution in [2.45, 2.75) is 25.8 Å². The van der Waals surface area contributed by atoms with Gasteiger partial charge in [-0.25, -0.2) is 18.9 Å². The second-order valence-corrected chi connectivity index (χ2v) is 9.98. The summed E-state index contributed by atoms with van der Waals surface area (Å²) in [5, 5.41) is 19.3. The number of carbonyl (C=O) groups is 1. The number of carbonyl (C=O) groups excluding carboxylic acids is 1. The molecule has 0 unspecified atom stereocenters. The molecule has 1 aliphatic heterocycles. The summed E-state index contributed by atoms with van der Waals surface area (Å²) in [5.74, 6) is -0.295. The number of tetrazole rings is 1. The fraction of sp³-hybridized carbons (Fsp3) is 0.261. The minimum absolute atomic E-state index is 0.0547. The number of nitrogens with zero attached hydrogens (tertiary/aromatic N) is 9. The van der Waals surface area contributed by atoms with E-state index in [0.717, 1.165) is 30.1 Å². The van der Waals surface area contributed by atoms with Crippen molar-refractivity contribution in [1.29, 1.82) is 0 Å². The molecule has 1 saturated heterocycles. The van der Waals surface area contributed by atoms with Gasteiger partial charge in [-0.2, -0.15) is 9.78 Å². The highest BCUT2D eigenvalue weighted by Crippen LogP contribution is 2.35. The van der Waals surface area contributed by atoms with Gasteiger partial charge in [0.1, 0.15) is 34.6 Å². The van der Waals surface area contributed by atoms with Crippen LogP contribution in [-0.4, -0.2) is 64.8 Å². The Labute approximate surface area is 213 Å². The van der Waals surface area contributed by atoms with Crippen LogP contribution in [0.1, 0.15) is 27.5 Å². The van der Waals surface area contributed by atoms with Crippen LogP contribution in [0.3, 0.4) is 0 Å². The van der Waals surface area contributed by atoms with Gasteiger partial charge in [-0.3, -0.25) is 4.79 Å². The van der Waals surface area contributed by atoms with Gasteiger partial charge in [0.05, 0.1) is 22.6 Å². The Morgan fingerprint density at radius 1 is 1.24 bits per heavy atom. The van der Waals surface area contributed by atoms with E-state index < -0.39 is 5.82 Å². The Balaban J connectivity index is 1.33. The first-order chi connectivity index (χ1) is 18.0. The highest BCUT2D eigenvalue weighted by atomic mass is 32.1. The number of thiazole rings is 1. The van der Waals surface area contributed by atoms with Crippen molar-refractivity contribution in [1.82, 2.24) is 45.1 Å². The number of amides is 1. The molecule has 1 fully saturated rings. The van der Waals surface area contributed by atoms with Crippen molar-refractivity contribution < 1.29 is 9.18 Å². The normalized spacial score (nSPS) is 15.8. The monoisotopic (exact) mass is 519 g/mol. The third-order valence-electron chi connectivity index (χ3n) is 6.34. The SMILES string of the molecule is Cc1ncc(C(=O)N[C@@H]2CCCN(c3cc(-c4ccc(-n5cnnn5)c(F)c4)n4ncnc(N)c34)C2)s1. The molecule has 1 aromatic carbocycles. The zero-order valence-electron chi connectivity index (χ0n) is 19.7. The molecule has 0 spiro atoms. The third kappa shape index (κ3) is 4.24. The molecule has 188 valence electrons. The van der Waals surface area contributed by atoms with Crippen molar-refractivity contribution in [3.8, 4) is 16.9 Å². The molecule has 0 radical (unpaired) electrons. The van der Waals surface area contributed by atoms with E-state index in [-0.39, 0.29) is 17.6 Å². The van der Waals surface area contributed by atoms with E-state index >= 15 is 4.39 Å². The van der Waals surface area contributed by atoms with Crippen LogP contribution in [0.5, 0.6) is 0 Å². The van der Waals surface area contributed by atoms with Crippen LogP contribution >= 0.6 is 11.3 Å². The van der Waals surface area contributed by atoms with Crippen LogP contribution in [0.2, 0.25) is 0 Å². The molecular formula is C23H22FN11OS. The fourth-order valence-electron chi connectivity index (χ4n) is 4.66. The summed E-state index contributed by atoms with van der Waals surface area (Å²) >= 11 is 1.37. The molecule has 0 saturated carbocycles. The standard InChI is InChI=1S/C23H22FN11OS/c1-13-26-9-20(37-13)23(36)30-15-3-2-6-33(10-15)19-8-18(35-21(19)22(25)27-11-29-35)14-4-5-17(16(24)7-14)34-12-28-31-32-34/h4-5,7-9,11-12,15H,2-3,6,10H2,1H3,(H,30,36)(H2,25,27,29)/t15-/m1/s1. The second-order valence-electron chi connectivity index (χ2n) is 8.74. The lowest BCUT2D eigenvalue weighted by atomic mass is 10.0. The summed E-state index contributed by atoms with van der Waals surface area (Å²) in [5.41, 5.74) is 9.25. The average Bonchev–Trinajstić information content (AvgIpc) is 3.65. The predicted octanol–water partition coefficient (Wildman–Crippen LogP) is 2.26. The Morgan fingerprint density at radius 3 is 2.89 bits per heavy atom. The van der Waals surface area contributed by atoms with Crippen molar-refractivity contribution in [2.75, 3.05) is 23.7 Å². The first kappa shape index (κ1) is 23.0. The highest BCUT2D eigenvalue weighted by Gasteiger charge is 2.27. The molecule has 0 bridgehead atoms. The molecule has 0 aliphatic carbocycles. The first-order valence-corrected chi connectivity index (χ1v) is 12.4. The van der Waals surface area contributed by atoms with E-state index in [9.17, 15) is 4.79 Å². The molecule has 1 aliphatic rings.